The fourth-order valence-corrected chi connectivity index (χ4v) is 4.28. The van der Waals surface area contributed by atoms with Crippen molar-refractivity contribution in [1.82, 2.24) is 15.5 Å². The average molecular weight is 543 g/mol. The summed E-state index contributed by atoms with van der Waals surface area (Å²) < 4.78 is 0. The Morgan fingerprint density at radius 2 is 1.59 bits per heavy atom. The molecule has 4 atom stereocenters. The van der Waals surface area contributed by atoms with Gasteiger partial charge in [-0.25, -0.2) is 4.79 Å². The van der Waals surface area contributed by atoms with Crippen LogP contribution in [0, 0.1) is 0 Å². The quantitative estimate of drug-likeness (QED) is 0.179. The van der Waals surface area contributed by atoms with Crippen LogP contribution in [-0.2, 0) is 43.4 Å². The summed E-state index contributed by atoms with van der Waals surface area (Å²) in [5, 5.41) is 41.6. The van der Waals surface area contributed by atoms with E-state index in [0.29, 0.717) is 5.56 Å². The Bertz CT molecular complexity index is 1230. The van der Waals surface area contributed by atoms with E-state index < -0.39 is 66.9 Å². The Balaban J connectivity index is 1.79. The standard InChI is InChI=1S/C26H30N4O9/c27-18(9-14-5-7-17(32)8-6-14)25(37)30-12-16-4-2-1-3-15(16)10-21(30)24(36)29-20(13-31)23(35)28-19(26(38)39)11-22(33)34/h1-8,18-21,31-32H,9-13,27H2,(H,28,35)(H,29,36)(H,33,34)(H,38,39)/t18-,19+,20+,21+/m1/s1. The number of aliphatic hydroxyl groups is 1. The van der Waals surface area contributed by atoms with Gasteiger partial charge in [0, 0.05) is 13.0 Å². The van der Waals surface area contributed by atoms with Crippen molar-refractivity contribution in [3.8, 4) is 5.75 Å². The molecular formula is C26H30N4O9. The molecule has 208 valence electrons. The summed E-state index contributed by atoms with van der Waals surface area (Å²) in [6.45, 7) is -0.847. The number of carbonyl (C=O) groups excluding carboxylic acids is 3. The van der Waals surface area contributed by atoms with Crippen LogP contribution in [0.1, 0.15) is 23.1 Å². The number of hydrogen-bond acceptors (Lipinski definition) is 8. The van der Waals surface area contributed by atoms with Crippen LogP contribution in [0.15, 0.2) is 48.5 Å². The molecule has 0 saturated heterocycles. The van der Waals surface area contributed by atoms with E-state index in [-0.39, 0.29) is 25.1 Å². The second-order valence-electron chi connectivity index (χ2n) is 9.17. The van der Waals surface area contributed by atoms with E-state index in [2.05, 4.69) is 5.32 Å². The zero-order valence-corrected chi connectivity index (χ0v) is 20.8. The monoisotopic (exact) mass is 542 g/mol. The van der Waals surface area contributed by atoms with Gasteiger partial charge >= 0.3 is 11.9 Å². The lowest BCUT2D eigenvalue weighted by atomic mass is 9.92. The lowest BCUT2D eigenvalue weighted by Crippen LogP contribution is -2.60. The molecule has 2 aromatic rings. The molecule has 13 nitrogen and oxygen atoms in total. The lowest BCUT2D eigenvalue weighted by molar-refractivity contribution is -0.148. The van der Waals surface area contributed by atoms with Crippen molar-refractivity contribution in [1.29, 1.82) is 0 Å². The molecule has 3 rings (SSSR count). The first-order chi connectivity index (χ1) is 18.5. The Kier molecular flexibility index (Phi) is 9.57. The molecule has 0 aromatic heterocycles. The third-order valence-corrected chi connectivity index (χ3v) is 6.35. The number of carboxylic acid groups (broad SMARTS) is 2. The Hall–Kier alpha value is -4.49. The van der Waals surface area contributed by atoms with Crippen LogP contribution < -0.4 is 16.4 Å². The number of nitrogens with two attached hydrogens (primary N) is 1. The van der Waals surface area contributed by atoms with Crippen LogP contribution in [0.5, 0.6) is 5.75 Å². The molecule has 1 heterocycles. The number of phenols is 1. The van der Waals surface area contributed by atoms with E-state index in [1.54, 1.807) is 30.3 Å². The maximum absolute atomic E-state index is 13.4. The van der Waals surface area contributed by atoms with E-state index in [0.717, 1.165) is 11.1 Å². The lowest BCUT2D eigenvalue weighted by Gasteiger charge is -2.38. The summed E-state index contributed by atoms with van der Waals surface area (Å²) in [4.78, 5) is 62.8. The largest absolute Gasteiger partial charge is 0.508 e. The number of aliphatic hydroxyl groups excluding tert-OH is 1. The Morgan fingerprint density at radius 3 is 2.18 bits per heavy atom. The number of amides is 3. The van der Waals surface area contributed by atoms with E-state index in [4.69, 9.17) is 10.8 Å². The van der Waals surface area contributed by atoms with Gasteiger partial charge in [0.2, 0.25) is 17.7 Å². The van der Waals surface area contributed by atoms with Crippen molar-refractivity contribution in [2.75, 3.05) is 6.61 Å². The number of benzene rings is 2. The molecular weight excluding hydrogens is 512 g/mol. The van der Waals surface area contributed by atoms with Gasteiger partial charge in [0.25, 0.3) is 0 Å². The Morgan fingerprint density at radius 1 is 0.949 bits per heavy atom. The first-order valence-electron chi connectivity index (χ1n) is 12.1. The van der Waals surface area contributed by atoms with E-state index in [1.807, 2.05) is 11.4 Å². The van der Waals surface area contributed by atoms with Crippen LogP contribution in [0.4, 0.5) is 0 Å². The molecule has 0 fully saturated rings. The van der Waals surface area contributed by atoms with Gasteiger partial charge in [0.1, 0.15) is 23.9 Å². The van der Waals surface area contributed by atoms with Gasteiger partial charge in [0.15, 0.2) is 0 Å². The van der Waals surface area contributed by atoms with Gasteiger partial charge in [-0.05, 0) is 35.2 Å². The van der Waals surface area contributed by atoms with Crippen molar-refractivity contribution < 1.29 is 44.4 Å². The highest BCUT2D eigenvalue weighted by molar-refractivity contribution is 5.95. The molecule has 0 aliphatic carbocycles. The third-order valence-electron chi connectivity index (χ3n) is 6.35. The molecule has 1 aliphatic heterocycles. The topological polar surface area (TPSA) is 220 Å². The summed E-state index contributed by atoms with van der Waals surface area (Å²) in [6.07, 6.45) is -0.683. The minimum absolute atomic E-state index is 0.0585. The predicted molar refractivity (Wildman–Crippen MR) is 135 cm³/mol. The van der Waals surface area contributed by atoms with Crippen molar-refractivity contribution >= 4 is 29.7 Å². The first-order valence-corrected chi connectivity index (χ1v) is 12.1. The fraction of sp³-hybridized carbons (Fsp3) is 0.346. The van der Waals surface area contributed by atoms with Crippen molar-refractivity contribution in [2.45, 2.75) is 50.0 Å². The fourth-order valence-electron chi connectivity index (χ4n) is 4.28. The third kappa shape index (κ3) is 7.52. The number of aromatic hydroxyl groups is 1. The summed E-state index contributed by atoms with van der Waals surface area (Å²) >= 11 is 0. The number of hydrogen-bond donors (Lipinski definition) is 7. The number of fused-ring (bicyclic) bond motifs is 1. The van der Waals surface area contributed by atoms with E-state index in [1.165, 1.54) is 17.0 Å². The first kappa shape index (κ1) is 29.1. The van der Waals surface area contributed by atoms with Crippen LogP contribution in [0.3, 0.4) is 0 Å². The van der Waals surface area contributed by atoms with Crippen LogP contribution >= 0.6 is 0 Å². The summed E-state index contributed by atoms with van der Waals surface area (Å²) in [7, 11) is 0. The SMILES string of the molecule is N[C@H](Cc1ccc(O)cc1)C(=O)N1Cc2ccccc2C[C@H]1C(=O)N[C@@H](CO)C(=O)N[C@@H](CC(=O)O)C(=O)O. The van der Waals surface area contributed by atoms with Crippen molar-refractivity contribution in [3.05, 3.63) is 65.2 Å². The molecule has 8 N–H and O–H groups in total. The van der Waals surface area contributed by atoms with E-state index in [9.17, 15) is 39.3 Å². The smallest absolute Gasteiger partial charge is 0.326 e. The van der Waals surface area contributed by atoms with Gasteiger partial charge in [-0.2, -0.15) is 0 Å². The summed E-state index contributed by atoms with van der Waals surface area (Å²) in [5.74, 6) is -5.42. The van der Waals surface area contributed by atoms with E-state index >= 15 is 0 Å². The summed E-state index contributed by atoms with van der Waals surface area (Å²) in [5.41, 5.74) is 8.50. The number of carboxylic acids is 2. The number of phenolic OH excluding ortho intramolecular Hbond substituents is 1. The van der Waals surface area contributed by atoms with Gasteiger partial charge in [-0.15, -0.1) is 0 Å². The highest BCUT2D eigenvalue weighted by Crippen LogP contribution is 2.25. The highest BCUT2D eigenvalue weighted by atomic mass is 16.4. The minimum Gasteiger partial charge on any atom is -0.508 e. The molecule has 0 saturated carbocycles. The molecule has 0 radical (unpaired) electrons. The normalized spacial score (nSPS) is 16.8. The van der Waals surface area contributed by atoms with Gasteiger partial charge < -0.3 is 41.7 Å². The zero-order chi connectivity index (χ0) is 28.7. The van der Waals surface area contributed by atoms with Gasteiger partial charge in [-0.3, -0.25) is 19.2 Å². The second-order valence-corrected chi connectivity index (χ2v) is 9.17. The zero-order valence-electron chi connectivity index (χ0n) is 20.8. The van der Waals surface area contributed by atoms with Crippen LogP contribution in [0.25, 0.3) is 0 Å². The Labute approximate surface area is 223 Å². The number of rotatable bonds is 11. The molecule has 1 aliphatic rings. The molecule has 0 bridgehead atoms. The minimum atomic E-state index is -1.78. The van der Waals surface area contributed by atoms with Crippen molar-refractivity contribution in [2.24, 2.45) is 5.73 Å². The molecule has 39 heavy (non-hydrogen) atoms. The summed E-state index contributed by atoms with van der Waals surface area (Å²) in [6, 6.07) is 7.84. The molecule has 3 amide bonds. The van der Waals surface area contributed by atoms with Gasteiger partial charge in [0.05, 0.1) is 19.1 Å². The molecule has 0 unspecified atom stereocenters. The number of aliphatic carboxylic acids is 2. The van der Waals surface area contributed by atoms with Crippen LogP contribution in [0.2, 0.25) is 0 Å². The molecule has 2 aromatic carbocycles. The maximum Gasteiger partial charge on any atom is 0.326 e. The maximum atomic E-state index is 13.4. The molecule has 13 heteroatoms. The van der Waals surface area contributed by atoms with Gasteiger partial charge in [-0.1, -0.05) is 36.4 Å². The predicted octanol–water partition coefficient (Wildman–Crippen LogP) is -1.26. The molecule has 0 spiro atoms. The average Bonchev–Trinajstić information content (AvgIpc) is 2.90. The second kappa shape index (κ2) is 12.8. The highest BCUT2D eigenvalue weighted by Gasteiger charge is 2.38. The number of carbonyl (C=O) groups is 5. The van der Waals surface area contributed by atoms with Crippen molar-refractivity contribution in [3.63, 3.8) is 0 Å². The number of nitrogens with zero attached hydrogens (tertiary/aromatic N) is 1. The van der Waals surface area contributed by atoms with Crippen LogP contribution in [-0.4, -0.2) is 85.8 Å². The number of nitrogens with one attached hydrogen (secondary N) is 2.